The van der Waals surface area contributed by atoms with Crippen LogP contribution in [0.1, 0.15) is 0 Å². The zero-order chi connectivity index (χ0) is 33.5. The van der Waals surface area contributed by atoms with E-state index >= 15 is 0 Å². The van der Waals surface area contributed by atoms with Crippen LogP contribution in [0.15, 0.2) is 182 Å². The molecule has 0 aliphatic heterocycles. The lowest BCUT2D eigenvalue weighted by Gasteiger charge is -2.16. The molecule has 238 valence electrons. The molecule has 0 saturated heterocycles. The quantitative estimate of drug-likeness (QED) is 0.186. The molecule has 7 aromatic carbocycles. The normalized spacial score (nSPS) is 11.9. The van der Waals surface area contributed by atoms with E-state index in [0.717, 1.165) is 39.5 Å². The van der Waals surface area contributed by atoms with Gasteiger partial charge in [-0.2, -0.15) is 0 Å². The number of benzene rings is 7. The van der Waals surface area contributed by atoms with Crippen LogP contribution in [-0.2, 0) is 0 Å². The lowest BCUT2D eigenvalue weighted by atomic mass is 10.1. The molecule has 4 heterocycles. The summed E-state index contributed by atoms with van der Waals surface area (Å²) < 4.78 is 7.22. The van der Waals surface area contributed by atoms with Crippen LogP contribution in [0.5, 0.6) is 0 Å². The first-order valence-electron chi connectivity index (χ1n) is 17.4. The van der Waals surface area contributed by atoms with Crippen LogP contribution < -0.4 is 0 Å². The van der Waals surface area contributed by atoms with Crippen molar-refractivity contribution in [2.45, 2.75) is 0 Å². The average molecular weight is 651 g/mol. The first kappa shape index (κ1) is 28.0. The molecule has 51 heavy (non-hydrogen) atoms. The smallest absolute Gasteiger partial charge is 0.140 e. The average Bonchev–Trinajstić information content (AvgIpc) is 3.84. The zero-order valence-electron chi connectivity index (χ0n) is 27.6. The second-order valence-electron chi connectivity index (χ2n) is 13.2. The van der Waals surface area contributed by atoms with Crippen LogP contribution in [-0.4, -0.2) is 18.7 Å². The van der Waals surface area contributed by atoms with E-state index in [1.54, 1.807) is 0 Å². The zero-order valence-corrected chi connectivity index (χ0v) is 27.6. The number of fused-ring (bicyclic) bond motifs is 10. The highest BCUT2D eigenvalue weighted by Crippen LogP contribution is 2.42. The van der Waals surface area contributed by atoms with E-state index in [4.69, 9.17) is 4.98 Å². The fraction of sp³-hybridized carbons (Fsp3) is 0. The minimum atomic E-state index is 0.872. The first-order valence-corrected chi connectivity index (χ1v) is 17.4. The number of aromatic nitrogens is 4. The van der Waals surface area contributed by atoms with Crippen molar-refractivity contribution in [2.75, 3.05) is 0 Å². The highest BCUT2D eigenvalue weighted by atomic mass is 15.1. The summed E-state index contributed by atoms with van der Waals surface area (Å²) in [5, 5.41) is 7.31. The predicted molar refractivity (Wildman–Crippen MR) is 213 cm³/mol. The summed E-state index contributed by atoms with van der Waals surface area (Å²) in [6, 6.07) is 65.3. The molecule has 0 atom stereocenters. The van der Waals surface area contributed by atoms with E-state index in [0.29, 0.717) is 0 Å². The van der Waals surface area contributed by atoms with Crippen LogP contribution >= 0.6 is 0 Å². The summed E-state index contributed by atoms with van der Waals surface area (Å²) in [6.45, 7) is 0. The van der Waals surface area contributed by atoms with Gasteiger partial charge in [-0.05, 0) is 42.5 Å². The first-order chi connectivity index (χ1) is 25.3. The van der Waals surface area contributed by atoms with E-state index in [1.165, 1.54) is 54.4 Å². The molecule has 0 bridgehead atoms. The van der Waals surface area contributed by atoms with Crippen molar-refractivity contribution < 1.29 is 0 Å². The molecule has 0 aliphatic carbocycles. The van der Waals surface area contributed by atoms with Gasteiger partial charge in [0.05, 0.1) is 44.5 Å². The van der Waals surface area contributed by atoms with Crippen LogP contribution in [0.25, 0.3) is 93.9 Å². The highest BCUT2D eigenvalue weighted by Gasteiger charge is 2.23. The maximum atomic E-state index is 5.52. The highest BCUT2D eigenvalue weighted by molar-refractivity contribution is 6.23. The molecule has 11 aromatic rings. The Balaban J connectivity index is 1.33. The van der Waals surface area contributed by atoms with Gasteiger partial charge >= 0.3 is 0 Å². The van der Waals surface area contributed by atoms with Gasteiger partial charge in [-0.1, -0.05) is 133 Å². The molecule has 11 rings (SSSR count). The molecule has 0 saturated carbocycles. The number of hydrogen-bond donors (Lipinski definition) is 0. The summed E-state index contributed by atoms with van der Waals surface area (Å²) in [4.78, 5) is 5.52. The molecule has 0 fully saturated rings. The maximum absolute atomic E-state index is 5.52. The number of pyridine rings is 1. The van der Waals surface area contributed by atoms with E-state index in [-0.39, 0.29) is 0 Å². The fourth-order valence-corrected chi connectivity index (χ4v) is 8.29. The summed E-state index contributed by atoms with van der Waals surface area (Å²) >= 11 is 0. The molecule has 0 N–H and O–H groups in total. The van der Waals surface area contributed by atoms with Gasteiger partial charge in [0.25, 0.3) is 0 Å². The summed E-state index contributed by atoms with van der Waals surface area (Å²) in [6.07, 6.45) is 0. The molecule has 0 radical (unpaired) electrons. The van der Waals surface area contributed by atoms with Crippen LogP contribution in [0.2, 0.25) is 0 Å². The molecule has 0 aliphatic rings. The van der Waals surface area contributed by atoms with Gasteiger partial charge in [0.15, 0.2) is 0 Å². The monoisotopic (exact) mass is 650 g/mol. The molecule has 0 unspecified atom stereocenters. The van der Waals surface area contributed by atoms with Crippen molar-refractivity contribution in [3.05, 3.63) is 182 Å². The Kier molecular flexibility index (Phi) is 5.92. The van der Waals surface area contributed by atoms with Crippen molar-refractivity contribution in [2.24, 2.45) is 0 Å². The van der Waals surface area contributed by atoms with Gasteiger partial charge < -0.3 is 9.13 Å². The Labute approximate surface area is 293 Å². The van der Waals surface area contributed by atoms with E-state index < -0.39 is 0 Å². The minimum Gasteiger partial charge on any atom is -0.309 e. The van der Waals surface area contributed by atoms with E-state index in [9.17, 15) is 0 Å². The summed E-state index contributed by atoms with van der Waals surface area (Å²) in [7, 11) is 0. The Hall–Kier alpha value is -6.91. The van der Waals surface area contributed by atoms with Gasteiger partial charge in [0.2, 0.25) is 0 Å². The minimum absolute atomic E-state index is 0.872. The van der Waals surface area contributed by atoms with Crippen LogP contribution in [0, 0.1) is 0 Å². The van der Waals surface area contributed by atoms with Crippen molar-refractivity contribution in [1.29, 1.82) is 0 Å². The van der Waals surface area contributed by atoms with Crippen molar-refractivity contribution in [3.8, 4) is 28.5 Å². The molecule has 4 aromatic heterocycles. The Morgan fingerprint density at radius 1 is 0.314 bits per heavy atom. The molecule has 0 spiro atoms. The van der Waals surface area contributed by atoms with Gasteiger partial charge in [-0.15, -0.1) is 0 Å². The van der Waals surface area contributed by atoms with Crippen molar-refractivity contribution in [3.63, 3.8) is 0 Å². The number of nitrogens with zero attached hydrogens (tertiary/aromatic N) is 4. The molecular weight excluding hydrogens is 621 g/mol. The summed E-state index contributed by atoms with van der Waals surface area (Å²) in [5.74, 6) is 0.872. The summed E-state index contributed by atoms with van der Waals surface area (Å²) in [5.41, 5.74) is 11.1. The molecule has 0 amide bonds. The molecular formula is C47H30N4. The predicted octanol–water partition coefficient (Wildman–Crippen LogP) is 12.0. The molecule has 4 nitrogen and oxygen atoms in total. The third-order valence-corrected chi connectivity index (χ3v) is 10.4. The van der Waals surface area contributed by atoms with Crippen molar-refractivity contribution in [1.82, 2.24) is 18.7 Å². The standard InChI is InChI=1S/C47H30N4/c1-3-15-31(16-4-1)40-29-33(49-41-23-11-7-19-34(41)35-20-8-12-24-42(35)49)30-45(48-40)51-44-26-14-10-22-37(44)39-28-27-38-36-21-9-13-25-43(36)50(46(38)47(39)51)32-17-5-2-6-18-32/h1-30H. The topological polar surface area (TPSA) is 27.7 Å². The maximum Gasteiger partial charge on any atom is 0.140 e. The van der Waals surface area contributed by atoms with Gasteiger partial charge in [0.1, 0.15) is 5.82 Å². The van der Waals surface area contributed by atoms with Crippen LogP contribution in [0.3, 0.4) is 0 Å². The second-order valence-corrected chi connectivity index (χ2v) is 13.2. The van der Waals surface area contributed by atoms with E-state index in [1.807, 2.05) is 0 Å². The van der Waals surface area contributed by atoms with Crippen molar-refractivity contribution >= 4 is 65.4 Å². The lowest BCUT2D eigenvalue weighted by molar-refractivity contribution is 1.06. The SMILES string of the molecule is c1ccc(-c2cc(-n3c4ccccc4c4ccccc43)cc(-n3c4ccccc4c4ccc5c6ccccc6n(-c6ccccc6)c5c43)n2)cc1. The largest absolute Gasteiger partial charge is 0.309 e. The Morgan fingerprint density at radius 2 is 0.745 bits per heavy atom. The Morgan fingerprint density at radius 3 is 1.31 bits per heavy atom. The van der Waals surface area contributed by atoms with Gasteiger partial charge in [0, 0.05) is 49.6 Å². The fourth-order valence-electron chi connectivity index (χ4n) is 8.29. The number of para-hydroxylation sites is 5. The number of hydrogen-bond acceptors (Lipinski definition) is 1. The lowest BCUT2D eigenvalue weighted by Crippen LogP contribution is -2.04. The second kappa shape index (κ2) is 10.8. The van der Waals surface area contributed by atoms with E-state index in [2.05, 4.69) is 196 Å². The van der Waals surface area contributed by atoms with Crippen LogP contribution in [0.4, 0.5) is 0 Å². The third kappa shape index (κ3) is 4.05. The molecule has 4 heteroatoms. The van der Waals surface area contributed by atoms with Gasteiger partial charge in [-0.25, -0.2) is 4.98 Å². The Bertz CT molecular complexity index is 3070. The number of rotatable bonds is 4. The third-order valence-electron chi connectivity index (χ3n) is 10.4. The van der Waals surface area contributed by atoms with Gasteiger partial charge in [-0.3, -0.25) is 4.57 Å².